The summed E-state index contributed by atoms with van der Waals surface area (Å²) >= 11 is 12.5. The summed E-state index contributed by atoms with van der Waals surface area (Å²) in [6.45, 7) is 1.83. The maximum atomic E-state index is 12.1. The summed E-state index contributed by atoms with van der Waals surface area (Å²) < 4.78 is 5.49. The van der Waals surface area contributed by atoms with E-state index < -0.39 is 0 Å². The monoisotopic (exact) mass is 358 g/mol. The molecule has 8 heteroatoms. The number of methoxy groups -OCH3 is 1. The molecule has 118 valence electrons. The molecule has 1 aliphatic rings. The van der Waals surface area contributed by atoms with Crippen molar-refractivity contribution in [3.63, 3.8) is 0 Å². The van der Waals surface area contributed by atoms with Crippen molar-refractivity contribution in [2.24, 2.45) is 0 Å². The van der Waals surface area contributed by atoms with Gasteiger partial charge >= 0.3 is 0 Å². The molecule has 1 aromatic rings. The summed E-state index contributed by atoms with van der Waals surface area (Å²) in [5.41, 5.74) is 0.535. The van der Waals surface area contributed by atoms with Gasteiger partial charge in [0.15, 0.2) is 0 Å². The molecule has 0 bridgehead atoms. The van der Waals surface area contributed by atoms with E-state index >= 15 is 0 Å². The predicted octanol–water partition coefficient (Wildman–Crippen LogP) is 2.93. The Bertz CT molecular complexity index is 624. The van der Waals surface area contributed by atoms with E-state index in [0.29, 0.717) is 27.2 Å². The zero-order valence-electron chi connectivity index (χ0n) is 12.1. The normalized spacial score (nSPS) is 17.8. The predicted molar refractivity (Wildman–Crippen MR) is 92.6 cm³/mol. The first-order valence-corrected chi connectivity index (χ1v) is 8.28. The minimum atomic E-state index is -0.325. The maximum Gasteiger partial charge on any atom is 0.244 e. The van der Waals surface area contributed by atoms with E-state index in [1.165, 1.54) is 23.8 Å². The molecule has 0 spiro atoms. The molecule has 5 nitrogen and oxygen atoms in total. The molecule has 0 saturated carbocycles. The van der Waals surface area contributed by atoms with Crippen LogP contribution in [0.4, 0.5) is 5.69 Å². The van der Waals surface area contributed by atoms with Gasteiger partial charge in [0, 0.05) is 5.69 Å². The van der Waals surface area contributed by atoms with Gasteiger partial charge in [-0.3, -0.25) is 14.5 Å². The number of carbonyl (C=O) groups excluding carboxylic acids is 2. The van der Waals surface area contributed by atoms with Crippen LogP contribution in [-0.4, -0.2) is 39.9 Å². The summed E-state index contributed by atoms with van der Waals surface area (Å²) in [7, 11) is 1.52. The molecule has 22 heavy (non-hydrogen) atoms. The van der Waals surface area contributed by atoms with Gasteiger partial charge in [-0.2, -0.15) is 0 Å². The van der Waals surface area contributed by atoms with Gasteiger partial charge in [0.25, 0.3) is 0 Å². The number of anilines is 1. The van der Waals surface area contributed by atoms with Crippen molar-refractivity contribution in [2.45, 2.75) is 18.6 Å². The molecule has 1 heterocycles. The van der Waals surface area contributed by atoms with Crippen LogP contribution in [0.5, 0.6) is 5.75 Å². The lowest BCUT2D eigenvalue weighted by Gasteiger charge is -2.15. The van der Waals surface area contributed by atoms with Gasteiger partial charge in [-0.25, -0.2) is 0 Å². The highest BCUT2D eigenvalue weighted by Gasteiger charge is 2.36. The molecule has 0 radical (unpaired) electrons. The van der Waals surface area contributed by atoms with Crippen LogP contribution in [0.3, 0.4) is 0 Å². The molecule has 1 unspecified atom stereocenters. The molecule has 1 saturated heterocycles. The van der Waals surface area contributed by atoms with Gasteiger partial charge in [0.2, 0.25) is 11.8 Å². The van der Waals surface area contributed by atoms with Crippen molar-refractivity contribution in [3.05, 3.63) is 23.2 Å². The number of benzene rings is 1. The second-order valence-electron chi connectivity index (χ2n) is 4.60. The number of thioether (sulfide) groups is 1. The van der Waals surface area contributed by atoms with E-state index in [1.807, 2.05) is 6.92 Å². The van der Waals surface area contributed by atoms with E-state index in [9.17, 15) is 9.59 Å². The fourth-order valence-electron chi connectivity index (χ4n) is 1.99. The fraction of sp³-hybridized carbons (Fsp3) is 0.357. The molecule has 0 aliphatic carbocycles. The highest BCUT2D eigenvalue weighted by molar-refractivity contribution is 8.24. The number of halogens is 1. The molecule has 1 aliphatic heterocycles. The molecule has 2 amide bonds. The van der Waals surface area contributed by atoms with Crippen LogP contribution < -0.4 is 10.1 Å². The summed E-state index contributed by atoms with van der Waals surface area (Å²) in [6, 6.07) is 4.93. The van der Waals surface area contributed by atoms with Gasteiger partial charge in [-0.1, -0.05) is 42.5 Å². The third kappa shape index (κ3) is 3.71. The van der Waals surface area contributed by atoms with Crippen LogP contribution in [0.2, 0.25) is 5.02 Å². The fourth-order valence-corrected chi connectivity index (χ4v) is 3.67. The molecule has 1 fully saturated rings. The zero-order chi connectivity index (χ0) is 16.3. The van der Waals surface area contributed by atoms with E-state index in [4.69, 9.17) is 28.6 Å². The minimum absolute atomic E-state index is 0.0924. The smallest absolute Gasteiger partial charge is 0.244 e. The topological polar surface area (TPSA) is 58.6 Å². The average Bonchev–Trinajstić information content (AvgIpc) is 2.75. The van der Waals surface area contributed by atoms with Gasteiger partial charge in [-0.15, -0.1) is 0 Å². The van der Waals surface area contributed by atoms with Crippen molar-refractivity contribution < 1.29 is 14.3 Å². The number of nitrogens with one attached hydrogen (secondary N) is 1. The number of carbonyl (C=O) groups is 2. The second-order valence-corrected chi connectivity index (χ2v) is 6.85. The highest BCUT2D eigenvalue weighted by atomic mass is 35.5. The number of hydrogen-bond acceptors (Lipinski definition) is 5. The van der Waals surface area contributed by atoms with Crippen molar-refractivity contribution in [1.29, 1.82) is 0 Å². The largest absolute Gasteiger partial charge is 0.495 e. The first-order valence-electron chi connectivity index (χ1n) is 6.61. The lowest BCUT2D eigenvalue weighted by Crippen LogP contribution is -2.38. The first kappa shape index (κ1) is 17.1. The zero-order valence-corrected chi connectivity index (χ0v) is 14.5. The van der Waals surface area contributed by atoms with Crippen LogP contribution in [0, 0.1) is 0 Å². The molecule has 0 aromatic heterocycles. The average molecular weight is 359 g/mol. The van der Waals surface area contributed by atoms with E-state index in [-0.39, 0.29) is 23.6 Å². The standard InChI is InChI=1S/C14H15ClN2O3S2/c1-3-11-13(19)17(14(21)22-11)7-12(18)16-8-4-5-10(20-2)9(15)6-8/h4-6,11H,3,7H2,1-2H3,(H,16,18). The van der Waals surface area contributed by atoms with Gasteiger partial charge in [0.05, 0.1) is 17.4 Å². The van der Waals surface area contributed by atoms with Crippen LogP contribution in [0.15, 0.2) is 18.2 Å². The first-order chi connectivity index (χ1) is 10.5. The lowest BCUT2D eigenvalue weighted by atomic mass is 10.3. The van der Waals surface area contributed by atoms with Gasteiger partial charge in [-0.05, 0) is 24.6 Å². The Hall–Kier alpha value is -1.31. The Kier molecular flexibility index (Phi) is 5.66. The second kappa shape index (κ2) is 7.30. The number of hydrogen-bond donors (Lipinski definition) is 1. The Morgan fingerprint density at radius 3 is 2.82 bits per heavy atom. The number of thiocarbonyl (C=S) groups is 1. The summed E-state index contributed by atoms with van der Waals surface area (Å²) in [4.78, 5) is 25.5. The summed E-state index contributed by atoms with van der Waals surface area (Å²) in [5, 5.41) is 2.91. The Morgan fingerprint density at radius 1 is 1.55 bits per heavy atom. The van der Waals surface area contributed by atoms with Crippen LogP contribution in [0.1, 0.15) is 13.3 Å². The third-order valence-electron chi connectivity index (χ3n) is 3.11. The van der Waals surface area contributed by atoms with Gasteiger partial charge < -0.3 is 10.1 Å². The number of ether oxygens (including phenoxy) is 1. The molecule has 1 N–H and O–H groups in total. The molecule has 1 atom stereocenters. The van der Waals surface area contributed by atoms with Crippen LogP contribution >= 0.6 is 35.6 Å². The molecular formula is C14H15ClN2O3S2. The maximum absolute atomic E-state index is 12.1. The van der Waals surface area contributed by atoms with E-state index in [2.05, 4.69) is 5.32 Å². The number of amides is 2. The Balaban J connectivity index is 2.00. The van der Waals surface area contributed by atoms with Crippen molar-refractivity contribution in [3.8, 4) is 5.75 Å². The third-order valence-corrected chi connectivity index (χ3v) is 5.16. The van der Waals surface area contributed by atoms with Crippen LogP contribution in [0.25, 0.3) is 0 Å². The van der Waals surface area contributed by atoms with Crippen LogP contribution in [-0.2, 0) is 9.59 Å². The Morgan fingerprint density at radius 2 is 2.27 bits per heavy atom. The Labute approximate surface area is 143 Å². The van der Waals surface area contributed by atoms with E-state index in [0.717, 1.165) is 0 Å². The van der Waals surface area contributed by atoms with Crippen molar-refractivity contribution in [1.82, 2.24) is 4.90 Å². The summed E-state index contributed by atoms with van der Waals surface area (Å²) in [5.74, 6) is 0.0902. The molecular weight excluding hydrogens is 344 g/mol. The molecule has 2 rings (SSSR count). The SMILES string of the molecule is CCC1SC(=S)N(CC(=O)Nc2ccc(OC)c(Cl)c2)C1=O. The molecule has 1 aromatic carbocycles. The highest BCUT2D eigenvalue weighted by Crippen LogP contribution is 2.30. The number of rotatable bonds is 5. The summed E-state index contributed by atoms with van der Waals surface area (Å²) in [6.07, 6.45) is 0.690. The lowest BCUT2D eigenvalue weighted by molar-refractivity contribution is -0.129. The van der Waals surface area contributed by atoms with Crippen molar-refractivity contribution in [2.75, 3.05) is 19.0 Å². The number of nitrogens with zero attached hydrogens (tertiary/aromatic N) is 1. The minimum Gasteiger partial charge on any atom is -0.495 e. The quantitative estimate of drug-likeness (QED) is 0.820. The van der Waals surface area contributed by atoms with Gasteiger partial charge in [0.1, 0.15) is 16.6 Å². The van der Waals surface area contributed by atoms with Crippen molar-refractivity contribution >= 4 is 57.4 Å². The van der Waals surface area contributed by atoms with E-state index in [1.54, 1.807) is 18.2 Å².